The second kappa shape index (κ2) is 7.00. The molecule has 0 amide bonds. The lowest BCUT2D eigenvalue weighted by Crippen LogP contribution is -2.01. The smallest absolute Gasteiger partial charge is 0.367 e. The van der Waals surface area contributed by atoms with Crippen LogP contribution in [0.4, 0.5) is 0 Å². The van der Waals surface area contributed by atoms with Gasteiger partial charge in [-0.05, 0) is 48.4 Å². The van der Waals surface area contributed by atoms with Gasteiger partial charge in [-0.1, -0.05) is 29.4 Å². The van der Waals surface area contributed by atoms with Crippen LogP contribution in [-0.2, 0) is 16.2 Å². The molecule has 0 atom stereocenters. The minimum absolute atomic E-state index is 0.241. The zero-order valence-electron chi connectivity index (χ0n) is 13.4. The number of hydrogen-bond donors (Lipinski definition) is 1. The summed E-state index contributed by atoms with van der Waals surface area (Å²) in [7, 11) is 0. The van der Waals surface area contributed by atoms with Gasteiger partial charge < -0.3 is 14.7 Å². The number of hydrogen-bond acceptors (Lipinski definition) is 5. The summed E-state index contributed by atoms with van der Waals surface area (Å²) in [4.78, 5) is 26.9. The third-order valence-corrected chi connectivity index (χ3v) is 3.67. The van der Waals surface area contributed by atoms with Crippen molar-refractivity contribution < 1.29 is 24.3 Å². The van der Waals surface area contributed by atoms with E-state index in [0.717, 1.165) is 11.1 Å². The highest BCUT2D eigenvalue weighted by molar-refractivity contribution is 6.24. The molecule has 2 aromatic rings. The number of carbonyl (C=O) groups is 2. The molecule has 0 unspecified atom stereocenters. The van der Waals surface area contributed by atoms with E-state index in [2.05, 4.69) is 9.99 Å². The third-order valence-electron chi connectivity index (χ3n) is 3.67. The van der Waals surface area contributed by atoms with Crippen molar-refractivity contribution in [2.24, 2.45) is 5.16 Å². The molecular weight excluding hydrogens is 322 g/mol. The fourth-order valence-corrected chi connectivity index (χ4v) is 2.26. The summed E-state index contributed by atoms with van der Waals surface area (Å²) in [5.74, 6) is -0.741. The van der Waals surface area contributed by atoms with E-state index in [1.54, 1.807) is 49.4 Å². The zero-order chi connectivity index (χ0) is 17.8. The van der Waals surface area contributed by atoms with Crippen molar-refractivity contribution in [2.45, 2.75) is 13.5 Å². The van der Waals surface area contributed by atoms with E-state index in [0.29, 0.717) is 23.6 Å². The van der Waals surface area contributed by atoms with Crippen LogP contribution in [0.1, 0.15) is 28.4 Å². The molecule has 0 aromatic heterocycles. The summed E-state index contributed by atoms with van der Waals surface area (Å²) >= 11 is 0. The molecule has 0 saturated carbocycles. The molecule has 1 aliphatic rings. The maximum atomic E-state index is 11.5. The molecule has 0 bridgehead atoms. The predicted molar refractivity (Wildman–Crippen MR) is 91.4 cm³/mol. The Morgan fingerprint density at radius 1 is 1.16 bits per heavy atom. The molecule has 3 rings (SSSR count). The highest BCUT2D eigenvalue weighted by atomic mass is 16.7. The van der Waals surface area contributed by atoms with Gasteiger partial charge >= 0.3 is 11.9 Å². The van der Waals surface area contributed by atoms with Gasteiger partial charge in [0.15, 0.2) is 0 Å². The molecule has 0 saturated heterocycles. The average molecular weight is 337 g/mol. The Hall–Kier alpha value is -3.41. The Bertz CT molecular complexity index is 864. The Balaban J connectivity index is 1.63. The molecule has 2 aromatic carbocycles. The highest BCUT2D eigenvalue weighted by Gasteiger charge is 2.21. The van der Waals surface area contributed by atoms with Gasteiger partial charge in [-0.3, -0.25) is 0 Å². The van der Waals surface area contributed by atoms with Crippen LogP contribution in [0.15, 0.2) is 59.3 Å². The van der Waals surface area contributed by atoms with Crippen LogP contribution < -0.4 is 4.74 Å². The summed E-state index contributed by atoms with van der Waals surface area (Å²) in [5, 5.41) is 12.5. The molecular formula is C19H15NO5. The number of nitrogens with zero attached hydrogens (tertiary/aromatic N) is 1. The standard InChI is InChI=1S/C19H15NO5/c1-12-17(19(23)25-20-12)10-13-4-8-16(9-5-13)24-11-14-2-6-15(7-3-14)18(21)22/h2-10H,11H2,1H3,(H,21,22)/b17-10-. The maximum Gasteiger partial charge on any atom is 0.367 e. The lowest BCUT2D eigenvalue weighted by Gasteiger charge is -2.07. The van der Waals surface area contributed by atoms with Gasteiger partial charge in [0, 0.05) is 0 Å². The van der Waals surface area contributed by atoms with Gasteiger partial charge in [-0.15, -0.1) is 0 Å². The van der Waals surface area contributed by atoms with E-state index in [4.69, 9.17) is 9.84 Å². The quantitative estimate of drug-likeness (QED) is 0.668. The lowest BCUT2D eigenvalue weighted by atomic mass is 10.1. The van der Waals surface area contributed by atoms with E-state index in [9.17, 15) is 9.59 Å². The molecule has 0 aliphatic carbocycles. The summed E-state index contributed by atoms with van der Waals surface area (Å²) in [6, 6.07) is 13.8. The molecule has 126 valence electrons. The van der Waals surface area contributed by atoms with Crippen molar-refractivity contribution in [1.82, 2.24) is 0 Å². The van der Waals surface area contributed by atoms with E-state index >= 15 is 0 Å². The van der Waals surface area contributed by atoms with Crippen molar-refractivity contribution in [3.05, 3.63) is 70.8 Å². The predicted octanol–water partition coefficient (Wildman–Crippen LogP) is 3.28. The summed E-state index contributed by atoms with van der Waals surface area (Å²) in [5.41, 5.74) is 2.94. The number of ether oxygens (including phenoxy) is 1. The maximum absolute atomic E-state index is 11.5. The van der Waals surface area contributed by atoms with Crippen molar-refractivity contribution in [1.29, 1.82) is 0 Å². The minimum Gasteiger partial charge on any atom is -0.489 e. The van der Waals surface area contributed by atoms with E-state index in [1.165, 1.54) is 0 Å². The molecule has 6 heteroatoms. The Kier molecular flexibility index (Phi) is 4.61. The first-order chi connectivity index (χ1) is 12.0. The monoisotopic (exact) mass is 337 g/mol. The molecule has 0 radical (unpaired) electrons. The first-order valence-corrected chi connectivity index (χ1v) is 7.56. The van der Waals surface area contributed by atoms with E-state index in [1.807, 2.05) is 12.1 Å². The van der Waals surface area contributed by atoms with Crippen LogP contribution in [0.25, 0.3) is 6.08 Å². The highest BCUT2D eigenvalue weighted by Crippen LogP contribution is 2.19. The van der Waals surface area contributed by atoms with Gasteiger partial charge in [-0.2, -0.15) is 0 Å². The van der Waals surface area contributed by atoms with Crippen molar-refractivity contribution >= 4 is 23.7 Å². The fraction of sp³-hybridized carbons (Fsp3) is 0.105. The molecule has 0 spiro atoms. The first kappa shape index (κ1) is 16.4. The summed E-state index contributed by atoms with van der Waals surface area (Å²) in [6.07, 6.45) is 1.71. The number of oxime groups is 1. The van der Waals surface area contributed by atoms with Crippen LogP contribution >= 0.6 is 0 Å². The van der Waals surface area contributed by atoms with Gasteiger partial charge in [0.25, 0.3) is 0 Å². The molecule has 25 heavy (non-hydrogen) atoms. The van der Waals surface area contributed by atoms with Crippen LogP contribution in [0.5, 0.6) is 5.75 Å². The lowest BCUT2D eigenvalue weighted by molar-refractivity contribution is -0.136. The van der Waals surface area contributed by atoms with Gasteiger partial charge in [0.1, 0.15) is 12.4 Å². The number of benzene rings is 2. The molecule has 1 heterocycles. The largest absolute Gasteiger partial charge is 0.489 e. The number of aromatic carboxylic acids is 1. The van der Waals surface area contributed by atoms with Gasteiger partial charge in [0.05, 0.1) is 16.8 Å². The normalized spacial score (nSPS) is 15.0. The number of carboxylic acid groups (broad SMARTS) is 1. The SMILES string of the molecule is CC1=NOC(=O)/C1=C\c1ccc(OCc2ccc(C(=O)O)cc2)cc1. The third kappa shape index (κ3) is 3.92. The minimum atomic E-state index is -0.955. The fourth-order valence-electron chi connectivity index (χ4n) is 2.26. The second-order valence-electron chi connectivity index (χ2n) is 5.47. The van der Waals surface area contributed by atoms with E-state index in [-0.39, 0.29) is 5.56 Å². The number of carboxylic acids is 1. The van der Waals surface area contributed by atoms with Crippen molar-refractivity contribution in [3.8, 4) is 5.75 Å². The Morgan fingerprint density at radius 2 is 1.84 bits per heavy atom. The summed E-state index contributed by atoms with van der Waals surface area (Å²) < 4.78 is 5.68. The van der Waals surface area contributed by atoms with Crippen LogP contribution in [-0.4, -0.2) is 22.8 Å². The number of carbonyl (C=O) groups excluding carboxylic acids is 1. The van der Waals surface area contributed by atoms with Crippen molar-refractivity contribution in [3.63, 3.8) is 0 Å². The van der Waals surface area contributed by atoms with Crippen molar-refractivity contribution in [2.75, 3.05) is 0 Å². The Morgan fingerprint density at radius 3 is 2.40 bits per heavy atom. The van der Waals surface area contributed by atoms with Crippen LogP contribution in [0, 0.1) is 0 Å². The molecule has 1 N–H and O–H groups in total. The molecule has 6 nitrogen and oxygen atoms in total. The molecule has 0 fully saturated rings. The van der Waals surface area contributed by atoms with Gasteiger partial charge in [-0.25, -0.2) is 9.59 Å². The van der Waals surface area contributed by atoms with Crippen LogP contribution in [0.3, 0.4) is 0 Å². The number of rotatable bonds is 5. The Labute approximate surface area is 144 Å². The zero-order valence-corrected chi connectivity index (χ0v) is 13.4. The second-order valence-corrected chi connectivity index (χ2v) is 5.47. The van der Waals surface area contributed by atoms with E-state index < -0.39 is 11.9 Å². The average Bonchev–Trinajstić information content (AvgIpc) is 2.93. The first-order valence-electron chi connectivity index (χ1n) is 7.56. The summed E-state index contributed by atoms with van der Waals surface area (Å²) in [6.45, 7) is 2.04. The molecule has 1 aliphatic heterocycles. The topological polar surface area (TPSA) is 85.2 Å². The van der Waals surface area contributed by atoms with Gasteiger partial charge in [0.2, 0.25) is 0 Å². The van der Waals surface area contributed by atoms with Crippen LogP contribution in [0.2, 0.25) is 0 Å².